The number of anilines is 1. The van der Waals surface area contributed by atoms with Gasteiger partial charge in [0.2, 0.25) is 5.91 Å². The fourth-order valence-corrected chi connectivity index (χ4v) is 2.93. The van der Waals surface area contributed by atoms with Crippen LogP contribution in [-0.2, 0) is 4.79 Å². The van der Waals surface area contributed by atoms with Crippen molar-refractivity contribution < 1.29 is 14.3 Å². The molecule has 0 aromatic heterocycles. The van der Waals surface area contributed by atoms with E-state index in [4.69, 9.17) is 9.47 Å². The molecule has 0 radical (unpaired) electrons. The third-order valence-electron chi connectivity index (χ3n) is 4.08. The highest BCUT2D eigenvalue weighted by atomic mass is 16.5. The van der Waals surface area contributed by atoms with Gasteiger partial charge in [0.05, 0.1) is 14.2 Å². The van der Waals surface area contributed by atoms with Crippen LogP contribution in [-0.4, -0.2) is 44.2 Å². The quantitative estimate of drug-likeness (QED) is 0.875. The third kappa shape index (κ3) is 5.05. The molecule has 2 rings (SSSR count). The molecule has 1 aliphatic heterocycles. The lowest BCUT2D eigenvalue weighted by atomic mass is 10.0. The number of carbonyl (C=O) groups excluding carboxylic acids is 1. The standard InChI is InChI=1S/C18H28N2O3/c1-13(2)8-18(21)20-7-5-6-14(12-20)19-15-9-16(22-3)11-17(10-15)23-4/h9-11,13-14,19H,5-8,12H2,1-4H3/t14-/m0/s1. The zero-order valence-corrected chi connectivity index (χ0v) is 14.6. The Morgan fingerprint density at radius 2 is 1.91 bits per heavy atom. The van der Waals surface area contributed by atoms with Gasteiger partial charge in [0.25, 0.3) is 0 Å². The molecule has 23 heavy (non-hydrogen) atoms. The largest absolute Gasteiger partial charge is 0.497 e. The highest BCUT2D eigenvalue weighted by molar-refractivity contribution is 5.76. The highest BCUT2D eigenvalue weighted by Gasteiger charge is 2.24. The van der Waals surface area contributed by atoms with Crippen LogP contribution in [0, 0.1) is 5.92 Å². The van der Waals surface area contributed by atoms with E-state index < -0.39 is 0 Å². The van der Waals surface area contributed by atoms with E-state index in [-0.39, 0.29) is 11.9 Å². The number of hydrogen-bond donors (Lipinski definition) is 1. The topological polar surface area (TPSA) is 50.8 Å². The van der Waals surface area contributed by atoms with Gasteiger partial charge in [-0.1, -0.05) is 13.8 Å². The van der Waals surface area contributed by atoms with Crippen molar-refractivity contribution in [2.45, 2.75) is 39.2 Å². The molecular weight excluding hydrogens is 292 g/mol. The van der Waals surface area contributed by atoms with E-state index in [0.717, 1.165) is 43.1 Å². The van der Waals surface area contributed by atoms with Gasteiger partial charge in [0.15, 0.2) is 0 Å². The molecule has 1 aromatic rings. The van der Waals surface area contributed by atoms with Crippen molar-refractivity contribution in [3.8, 4) is 11.5 Å². The molecule has 1 heterocycles. The molecule has 1 fully saturated rings. The van der Waals surface area contributed by atoms with Gasteiger partial charge in [-0.25, -0.2) is 0 Å². The lowest BCUT2D eigenvalue weighted by Crippen LogP contribution is -2.45. The van der Waals surface area contributed by atoms with Crippen LogP contribution in [0.5, 0.6) is 11.5 Å². The first-order valence-electron chi connectivity index (χ1n) is 8.29. The second-order valence-electron chi connectivity index (χ2n) is 6.52. The molecule has 0 unspecified atom stereocenters. The Bertz CT molecular complexity index is 509. The molecule has 1 N–H and O–H groups in total. The maximum Gasteiger partial charge on any atom is 0.222 e. The second-order valence-corrected chi connectivity index (χ2v) is 6.52. The zero-order valence-electron chi connectivity index (χ0n) is 14.6. The number of carbonyl (C=O) groups is 1. The Labute approximate surface area is 139 Å². The summed E-state index contributed by atoms with van der Waals surface area (Å²) in [6.45, 7) is 5.79. The molecule has 0 aliphatic carbocycles. The van der Waals surface area contributed by atoms with Crippen molar-refractivity contribution in [1.29, 1.82) is 0 Å². The second kappa shape index (κ2) is 8.09. The molecule has 5 nitrogen and oxygen atoms in total. The average Bonchev–Trinajstić information content (AvgIpc) is 2.54. The summed E-state index contributed by atoms with van der Waals surface area (Å²) in [4.78, 5) is 14.3. The number of methoxy groups -OCH3 is 2. The lowest BCUT2D eigenvalue weighted by molar-refractivity contribution is -0.133. The van der Waals surface area contributed by atoms with Crippen LogP contribution in [0.15, 0.2) is 18.2 Å². The minimum absolute atomic E-state index is 0.259. The predicted molar refractivity (Wildman–Crippen MR) is 92.2 cm³/mol. The van der Waals surface area contributed by atoms with Crippen molar-refractivity contribution in [2.24, 2.45) is 5.92 Å². The minimum Gasteiger partial charge on any atom is -0.497 e. The first-order valence-corrected chi connectivity index (χ1v) is 8.29. The van der Waals surface area contributed by atoms with E-state index in [9.17, 15) is 4.79 Å². The summed E-state index contributed by atoms with van der Waals surface area (Å²) >= 11 is 0. The first-order chi connectivity index (χ1) is 11.0. The third-order valence-corrected chi connectivity index (χ3v) is 4.08. The fraction of sp³-hybridized carbons (Fsp3) is 0.611. The van der Waals surface area contributed by atoms with E-state index in [1.807, 2.05) is 23.1 Å². The van der Waals surface area contributed by atoms with Gasteiger partial charge in [0, 0.05) is 49.4 Å². The number of ether oxygens (including phenoxy) is 2. The van der Waals surface area contributed by atoms with Crippen LogP contribution in [0.2, 0.25) is 0 Å². The van der Waals surface area contributed by atoms with E-state index in [1.165, 1.54) is 0 Å². The SMILES string of the molecule is COc1cc(N[C@H]2CCCN(C(=O)CC(C)C)C2)cc(OC)c1. The van der Waals surface area contributed by atoms with Crippen LogP contribution in [0.1, 0.15) is 33.1 Å². The van der Waals surface area contributed by atoms with Crippen LogP contribution >= 0.6 is 0 Å². The number of likely N-dealkylation sites (tertiary alicyclic amines) is 1. The van der Waals surface area contributed by atoms with Crippen LogP contribution in [0.3, 0.4) is 0 Å². The molecule has 1 aliphatic rings. The molecule has 0 spiro atoms. The molecule has 0 saturated carbocycles. The summed E-state index contributed by atoms with van der Waals surface area (Å²) in [5.74, 6) is 2.18. The monoisotopic (exact) mass is 320 g/mol. The Kier molecular flexibility index (Phi) is 6.13. The van der Waals surface area contributed by atoms with Gasteiger partial charge >= 0.3 is 0 Å². The predicted octanol–water partition coefficient (Wildman–Crippen LogP) is 3.15. The summed E-state index contributed by atoms with van der Waals surface area (Å²) in [5, 5.41) is 3.51. The molecule has 1 saturated heterocycles. The van der Waals surface area contributed by atoms with Crippen molar-refractivity contribution in [3.05, 3.63) is 18.2 Å². The molecule has 5 heteroatoms. The van der Waals surface area contributed by atoms with Gasteiger partial charge in [-0.2, -0.15) is 0 Å². The number of amides is 1. The van der Waals surface area contributed by atoms with Crippen molar-refractivity contribution >= 4 is 11.6 Å². The van der Waals surface area contributed by atoms with Gasteiger partial charge in [-0.3, -0.25) is 4.79 Å². The summed E-state index contributed by atoms with van der Waals surface area (Å²) < 4.78 is 10.6. The van der Waals surface area contributed by atoms with Gasteiger partial charge in [-0.05, 0) is 18.8 Å². The Balaban J connectivity index is 2.01. The molecule has 1 atom stereocenters. The number of rotatable bonds is 6. The normalized spacial score (nSPS) is 18.0. The van der Waals surface area contributed by atoms with E-state index >= 15 is 0 Å². The number of hydrogen-bond acceptors (Lipinski definition) is 4. The Hall–Kier alpha value is -1.91. The Morgan fingerprint density at radius 1 is 1.26 bits per heavy atom. The number of nitrogens with one attached hydrogen (secondary N) is 1. The molecule has 128 valence electrons. The molecule has 1 aromatic carbocycles. The number of benzene rings is 1. The minimum atomic E-state index is 0.259. The van der Waals surface area contributed by atoms with E-state index in [1.54, 1.807) is 14.2 Å². The summed E-state index contributed by atoms with van der Waals surface area (Å²) in [6, 6.07) is 6.02. The molecule has 1 amide bonds. The summed E-state index contributed by atoms with van der Waals surface area (Å²) in [5.41, 5.74) is 0.962. The van der Waals surface area contributed by atoms with Crippen molar-refractivity contribution in [2.75, 3.05) is 32.6 Å². The zero-order chi connectivity index (χ0) is 16.8. The van der Waals surface area contributed by atoms with Gasteiger partial charge < -0.3 is 19.7 Å². The fourth-order valence-electron chi connectivity index (χ4n) is 2.93. The highest BCUT2D eigenvalue weighted by Crippen LogP contribution is 2.27. The van der Waals surface area contributed by atoms with Crippen LogP contribution < -0.4 is 14.8 Å². The molecule has 0 bridgehead atoms. The maximum absolute atomic E-state index is 12.3. The molecular formula is C18H28N2O3. The average molecular weight is 320 g/mol. The van der Waals surface area contributed by atoms with E-state index in [0.29, 0.717) is 12.3 Å². The number of nitrogens with zero attached hydrogens (tertiary/aromatic N) is 1. The van der Waals surface area contributed by atoms with Crippen LogP contribution in [0.25, 0.3) is 0 Å². The Morgan fingerprint density at radius 3 is 2.48 bits per heavy atom. The van der Waals surface area contributed by atoms with Crippen molar-refractivity contribution in [3.63, 3.8) is 0 Å². The van der Waals surface area contributed by atoms with E-state index in [2.05, 4.69) is 19.2 Å². The maximum atomic E-state index is 12.3. The smallest absolute Gasteiger partial charge is 0.222 e. The van der Waals surface area contributed by atoms with Crippen LogP contribution in [0.4, 0.5) is 5.69 Å². The van der Waals surface area contributed by atoms with Crippen molar-refractivity contribution in [1.82, 2.24) is 4.90 Å². The number of piperidine rings is 1. The van der Waals surface area contributed by atoms with Gasteiger partial charge in [0.1, 0.15) is 11.5 Å². The first kappa shape index (κ1) is 17.4. The summed E-state index contributed by atoms with van der Waals surface area (Å²) in [7, 11) is 3.29. The lowest BCUT2D eigenvalue weighted by Gasteiger charge is -2.34. The summed E-state index contributed by atoms with van der Waals surface area (Å²) in [6.07, 6.45) is 2.72. The van der Waals surface area contributed by atoms with Gasteiger partial charge in [-0.15, -0.1) is 0 Å².